The molecular formula is C20H19FN3O5S+. The van der Waals surface area contributed by atoms with Crippen molar-refractivity contribution in [3.8, 4) is 5.75 Å². The van der Waals surface area contributed by atoms with Crippen LogP contribution in [0.5, 0.6) is 5.75 Å². The van der Waals surface area contributed by atoms with Gasteiger partial charge in [-0.3, -0.25) is 9.78 Å². The van der Waals surface area contributed by atoms with Gasteiger partial charge in [-0.25, -0.2) is 8.94 Å². The smallest absolute Gasteiger partial charge is 0.437 e. The van der Waals surface area contributed by atoms with Gasteiger partial charge in [0.25, 0.3) is 5.91 Å². The van der Waals surface area contributed by atoms with Crippen molar-refractivity contribution in [3.05, 3.63) is 65.1 Å². The van der Waals surface area contributed by atoms with Crippen LogP contribution < -0.4 is 3.89 Å². The summed E-state index contributed by atoms with van der Waals surface area (Å²) in [5, 5.41) is 11.1. The number of rotatable bonds is 4. The molecule has 0 fully saturated rings. The van der Waals surface area contributed by atoms with E-state index in [2.05, 4.69) is 4.98 Å². The topological polar surface area (TPSA) is 108 Å². The van der Waals surface area contributed by atoms with Crippen LogP contribution in [0.2, 0.25) is 0 Å². The van der Waals surface area contributed by atoms with Gasteiger partial charge in [0.05, 0.1) is 37.2 Å². The number of hydrogen-bond donors (Lipinski definition) is 2. The second-order valence-corrected chi connectivity index (χ2v) is 9.35. The molecule has 0 spiro atoms. The van der Waals surface area contributed by atoms with Gasteiger partial charge in [0, 0.05) is 12.7 Å². The van der Waals surface area contributed by atoms with Crippen LogP contribution in [0.4, 0.5) is 10.1 Å². The number of hydrogen-bond acceptors (Lipinski definition) is 5. The molecule has 1 aromatic heterocycles. The van der Waals surface area contributed by atoms with Gasteiger partial charge in [-0.2, -0.15) is 3.89 Å². The fourth-order valence-corrected chi connectivity index (χ4v) is 4.24. The summed E-state index contributed by atoms with van der Waals surface area (Å²) in [5.74, 6) is -1.25. The highest BCUT2D eigenvalue weighted by atomic mass is 32.2. The lowest BCUT2D eigenvalue weighted by Crippen LogP contribution is -2.46. The Bertz CT molecular complexity index is 1290. The van der Waals surface area contributed by atoms with E-state index in [1.54, 1.807) is 24.3 Å². The van der Waals surface area contributed by atoms with Crippen molar-refractivity contribution < 1.29 is 27.3 Å². The third kappa shape index (κ3) is 3.00. The first-order valence-corrected chi connectivity index (χ1v) is 10.4. The van der Waals surface area contributed by atoms with Crippen LogP contribution in [-0.2, 0) is 23.4 Å². The summed E-state index contributed by atoms with van der Waals surface area (Å²) in [4.78, 5) is 18.6. The van der Waals surface area contributed by atoms with Crippen LogP contribution in [0.3, 0.4) is 0 Å². The van der Waals surface area contributed by atoms with Gasteiger partial charge in [-0.15, -0.1) is 8.42 Å². The highest BCUT2D eigenvalue weighted by Crippen LogP contribution is 2.46. The molecule has 3 aromatic rings. The third-order valence-corrected chi connectivity index (χ3v) is 6.70. The highest BCUT2D eigenvalue weighted by molar-refractivity contribution is 7.85. The Morgan fingerprint density at radius 2 is 1.87 bits per heavy atom. The number of fused-ring (bicyclic) bond motifs is 2. The lowest BCUT2D eigenvalue weighted by molar-refractivity contribution is 0.0764. The van der Waals surface area contributed by atoms with Crippen molar-refractivity contribution in [2.75, 3.05) is 14.1 Å². The van der Waals surface area contributed by atoms with Crippen molar-refractivity contribution in [2.24, 2.45) is 0 Å². The average molecular weight is 432 g/mol. The summed E-state index contributed by atoms with van der Waals surface area (Å²) in [7, 11) is -2.06. The Balaban J connectivity index is 1.93. The molecule has 0 atom stereocenters. The third-order valence-electron chi connectivity index (χ3n) is 5.36. The van der Waals surface area contributed by atoms with E-state index in [1.807, 2.05) is 0 Å². The number of pyridine rings is 1. The quantitative estimate of drug-likeness (QED) is 0.485. The zero-order chi connectivity index (χ0) is 21.8. The van der Waals surface area contributed by atoms with Crippen molar-refractivity contribution >= 4 is 32.8 Å². The molecule has 0 saturated carbocycles. The number of quaternary nitrogens is 1. The van der Waals surface area contributed by atoms with E-state index in [9.17, 15) is 27.3 Å². The van der Waals surface area contributed by atoms with E-state index in [-0.39, 0.29) is 35.6 Å². The van der Waals surface area contributed by atoms with E-state index in [0.29, 0.717) is 16.5 Å². The molecule has 1 amide bonds. The van der Waals surface area contributed by atoms with Crippen LogP contribution in [0.1, 0.15) is 21.5 Å². The molecule has 156 valence electrons. The maximum atomic E-state index is 13.2. The predicted molar refractivity (Wildman–Crippen MR) is 109 cm³/mol. The lowest BCUT2D eigenvalue weighted by Gasteiger charge is -2.27. The molecule has 1 aliphatic heterocycles. The summed E-state index contributed by atoms with van der Waals surface area (Å²) in [6.07, 6.45) is 1.42. The van der Waals surface area contributed by atoms with Crippen LogP contribution in [0.25, 0.3) is 10.9 Å². The van der Waals surface area contributed by atoms with E-state index in [1.165, 1.54) is 37.3 Å². The van der Waals surface area contributed by atoms with E-state index >= 15 is 0 Å². The predicted octanol–water partition coefficient (Wildman–Crippen LogP) is 2.61. The maximum Gasteiger partial charge on any atom is 0.437 e. The Morgan fingerprint density at radius 1 is 1.20 bits per heavy atom. The minimum atomic E-state index is -4.62. The minimum absolute atomic E-state index is 0.0104. The molecule has 0 aliphatic carbocycles. The van der Waals surface area contributed by atoms with Crippen LogP contribution in [0, 0.1) is 5.82 Å². The Labute approximate surface area is 172 Å². The molecule has 10 heteroatoms. The molecule has 2 aromatic carbocycles. The number of amides is 1. The van der Waals surface area contributed by atoms with Gasteiger partial charge < -0.3 is 10.0 Å². The van der Waals surface area contributed by atoms with Gasteiger partial charge in [0.15, 0.2) is 11.4 Å². The van der Waals surface area contributed by atoms with Gasteiger partial charge >= 0.3 is 10.3 Å². The van der Waals surface area contributed by atoms with Crippen molar-refractivity contribution in [3.63, 3.8) is 0 Å². The Kier molecular flexibility index (Phi) is 4.53. The number of carbonyl (C=O) groups excluding carboxylic acids is 1. The number of carbonyl (C=O) groups is 1. The van der Waals surface area contributed by atoms with E-state index in [4.69, 9.17) is 0 Å². The zero-order valence-electron chi connectivity index (χ0n) is 16.2. The molecule has 2 N–H and O–H groups in total. The zero-order valence-corrected chi connectivity index (χ0v) is 17.0. The Morgan fingerprint density at radius 3 is 2.50 bits per heavy atom. The molecule has 8 nitrogen and oxygen atoms in total. The fraction of sp³-hybridized carbons (Fsp3) is 0.200. The van der Waals surface area contributed by atoms with Crippen LogP contribution in [0.15, 0.2) is 42.6 Å². The molecule has 0 saturated heterocycles. The number of benzene rings is 2. The van der Waals surface area contributed by atoms with E-state index < -0.39 is 25.9 Å². The first-order chi connectivity index (χ1) is 14.0. The molecule has 4 rings (SSSR count). The fourth-order valence-electron chi connectivity index (χ4n) is 3.80. The number of aromatic nitrogens is 1. The number of phenolic OH excluding ortho intramolecular Hbond substituents is 1. The molecule has 0 bridgehead atoms. The summed E-state index contributed by atoms with van der Waals surface area (Å²) < 4.78 is 46.5. The summed E-state index contributed by atoms with van der Waals surface area (Å²) in [6, 6.07) is 8.81. The first-order valence-electron chi connectivity index (χ1n) is 9.00. The normalized spacial score (nSPS) is 14.4. The monoisotopic (exact) mass is 432 g/mol. The van der Waals surface area contributed by atoms with Crippen molar-refractivity contribution in [1.29, 1.82) is 0 Å². The first kappa shape index (κ1) is 20.2. The van der Waals surface area contributed by atoms with Gasteiger partial charge in [0.1, 0.15) is 11.3 Å². The largest absolute Gasteiger partial charge is 0.505 e. The van der Waals surface area contributed by atoms with Gasteiger partial charge in [-0.05, 0) is 29.8 Å². The summed E-state index contributed by atoms with van der Waals surface area (Å²) in [6.45, 7) is 0.145. The molecule has 0 unspecified atom stereocenters. The standard InChI is InChI=1S/C20H18FN3O5S/c1-24(2,30(27,28)29)18-14-4-3-9-22-17(14)19(25)16-15(18)11-23(20(16)26)10-12-5-7-13(21)8-6-12/h3-9H,10-11H2,1-2H3,(H-,25,26,27,28,29)/p+1. The maximum absolute atomic E-state index is 13.2. The highest BCUT2D eigenvalue weighted by Gasteiger charge is 2.44. The van der Waals surface area contributed by atoms with Gasteiger partial charge in [-0.1, -0.05) is 12.1 Å². The molecule has 2 heterocycles. The minimum Gasteiger partial charge on any atom is -0.505 e. The summed E-state index contributed by atoms with van der Waals surface area (Å²) in [5.41, 5.74) is 1.14. The van der Waals surface area contributed by atoms with E-state index in [0.717, 1.165) is 0 Å². The molecular weight excluding hydrogens is 413 g/mol. The van der Waals surface area contributed by atoms with Gasteiger partial charge in [0.2, 0.25) is 0 Å². The Hall–Kier alpha value is -3.08. The molecule has 0 radical (unpaired) electrons. The number of aromatic hydroxyl groups is 1. The van der Waals surface area contributed by atoms with Crippen molar-refractivity contribution in [1.82, 2.24) is 13.8 Å². The number of halogens is 1. The number of nitrogens with zero attached hydrogens (tertiary/aromatic N) is 3. The average Bonchev–Trinajstić information content (AvgIpc) is 2.99. The van der Waals surface area contributed by atoms with Crippen molar-refractivity contribution in [2.45, 2.75) is 13.1 Å². The second kappa shape index (κ2) is 6.73. The summed E-state index contributed by atoms with van der Waals surface area (Å²) >= 11 is 0. The molecule has 30 heavy (non-hydrogen) atoms. The number of phenols is 1. The lowest BCUT2D eigenvalue weighted by atomic mass is 10.0. The second-order valence-electron chi connectivity index (χ2n) is 7.54. The van der Waals surface area contributed by atoms with Crippen LogP contribution >= 0.6 is 0 Å². The molecule has 1 aliphatic rings. The van der Waals surface area contributed by atoms with Crippen LogP contribution in [-0.4, -0.2) is 48.0 Å². The SMILES string of the molecule is C[N+](C)(c1c2c(c(O)c3ncccc13)C(=O)N(Cc1ccc(F)cc1)C2)S(=O)(=O)O.